The molecule has 7 heteroatoms. The average molecular weight is 268 g/mol. The minimum absolute atomic E-state index is 0.0159. The Morgan fingerprint density at radius 1 is 1.58 bits per heavy atom. The molecule has 1 aromatic carbocycles. The fourth-order valence-corrected chi connectivity index (χ4v) is 1.84. The molecule has 1 heterocycles. The average Bonchev–Trinajstić information content (AvgIpc) is 2.71. The molecular formula is C12H13FN2O4. The molecule has 2 unspecified atom stereocenters. The lowest BCUT2D eigenvalue weighted by Crippen LogP contribution is -2.34. The quantitative estimate of drug-likeness (QED) is 0.667. The number of rotatable bonds is 3. The predicted octanol–water partition coefficient (Wildman–Crippen LogP) is -0.120. The molecule has 0 bridgehead atoms. The van der Waals surface area contributed by atoms with Gasteiger partial charge < -0.3 is 20.5 Å². The van der Waals surface area contributed by atoms with E-state index in [-0.39, 0.29) is 12.2 Å². The number of β-amino-alcohol motifs (C(OH)–C–C–N with tert-alkyl or cyclic N) is 1. The number of amides is 2. The van der Waals surface area contributed by atoms with Crippen LogP contribution in [0.1, 0.15) is 0 Å². The third-order valence-electron chi connectivity index (χ3n) is 2.87. The zero-order valence-corrected chi connectivity index (χ0v) is 10.1. The zero-order valence-electron chi connectivity index (χ0n) is 10.1. The second kappa shape index (κ2) is 5.23. The van der Waals surface area contributed by atoms with E-state index in [0.29, 0.717) is 5.75 Å². The topological polar surface area (TPSA) is 87.7 Å². The third kappa shape index (κ3) is 2.65. The molecule has 1 aliphatic rings. The van der Waals surface area contributed by atoms with Gasteiger partial charge in [-0.05, 0) is 12.1 Å². The van der Waals surface area contributed by atoms with Gasteiger partial charge in [0, 0.05) is 12.6 Å². The van der Waals surface area contributed by atoms with E-state index in [1.165, 1.54) is 19.2 Å². The molecule has 0 aromatic heterocycles. The summed E-state index contributed by atoms with van der Waals surface area (Å²) in [7, 11) is 1.40. The summed E-state index contributed by atoms with van der Waals surface area (Å²) >= 11 is 0. The highest BCUT2D eigenvalue weighted by molar-refractivity contribution is 6.08. The van der Waals surface area contributed by atoms with Crippen molar-refractivity contribution in [1.29, 1.82) is 0 Å². The maximum Gasteiger partial charge on any atom is 0.239 e. The van der Waals surface area contributed by atoms with Crippen molar-refractivity contribution in [2.24, 2.45) is 5.92 Å². The standard InChI is InChI=1S/C12H13FN2O4/c1-19-6-2-3-8(7(13)4-6)15-12(18)10-9(16)5-14-11(10)17/h2-4,9-10,16H,5H2,1H3,(H,14,17)(H,15,18). The van der Waals surface area contributed by atoms with Gasteiger partial charge in [-0.3, -0.25) is 9.59 Å². The Hall–Kier alpha value is -2.15. The number of nitrogens with one attached hydrogen (secondary N) is 2. The van der Waals surface area contributed by atoms with Crippen LogP contribution in [0.2, 0.25) is 0 Å². The number of ether oxygens (including phenoxy) is 1. The number of aliphatic hydroxyl groups is 1. The first-order valence-electron chi connectivity index (χ1n) is 5.63. The number of methoxy groups -OCH3 is 1. The summed E-state index contributed by atoms with van der Waals surface area (Å²) in [5, 5.41) is 14.1. The molecule has 0 radical (unpaired) electrons. The largest absolute Gasteiger partial charge is 0.497 e. The fourth-order valence-electron chi connectivity index (χ4n) is 1.84. The highest BCUT2D eigenvalue weighted by Crippen LogP contribution is 2.22. The SMILES string of the molecule is COc1ccc(NC(=O)C2C(=O)NCC2O)c(F)c1. The van der Waals surface area contributed by atoms with Gasteiger partial charge in [0.05, 0.1) is 18.9 Å². The molecule has 102 valence electrons. The van der Waals surface area contributed by atoms with E-state index in [9.17, 15) is 19.1 Å². The van der Waals surface area contributed by atoms with Gasteiger partial charge >= 0.3 is 0 Å². The lowest BCUT2D eigenvalue weighted by Gasteiger charge is -2.12. The minimum Gasteiger partial charge on any atom is -0.497 e. The van der Waals surface area contributed by atoms with Crippen LogP contribution in [0, 0.1) is 11.7 Å². The van der Waals surface area contributed by atoms with E-state index in [0.717, 1.165) is 6.07 Å². The van der Waals surface area contributed by atoms with Crippen molar-refractivity contribution in [2.45, 2.75) is 6.10 Å². The van der Waals surface area contributed by atoms with E-state index < -0.39 is 29.7 Å². The molecule has 2 atom stereocenters. The molecule has 0 aliphatic carbocycles. The van der Waals surface area contributed by atoms with E-state index >= 15 is 0 Å². The lowest BCUT2D eigenvalue weighted by molar-refractivity contribution is -0.132. The third-order valence-corrected chi connectivity index (χ3v) is 2.87. The Morgan fingerprint density at radius 3 is 2.84 bits per heavy atom. The number of hydrogen-bond donors (Lipinski definition) is 3. The van der Waals surface area contributed by atoms with Gasteiger partial charge in [0.2, 0.25) is 11.8 Å². The summed E-state index contributed by atoms with van der Waals surface area (Å²) in [4.78, 5) is 23.2. The van der Waals surface area contributed by atoms with Crippen LogP contribution in [-0.2, 0) is 9.59 Å². The van der Waals surface area contributed by atoms with Crippen LogP contribution in [0.5, 0.6) is 5.75 Å². The molecule has 2 rings (SSSR count). The highest BCUT2D eigenvalue weighted by atomic mass is 19.1. The van der Waals surface area contributed by atoms with Crippen molar-refractivity contribution in [3.63, 3.8) is 0 Å². The van der Waals surface area contributed by atoms with Crippen LogP contribution in [-0.4, -0.2) is 36.7 Å². The zero-order chi connectivity index (χ0) is 14.0. The normalized spacial score (nSPS) is 21.9. The molecule has 1 fully saturated rings. The molecule has 1 saturated heterocycles. The maximum absolute atomic E-state index is 13.6. The second-order valence-corrected chi connectivity index (χ2v) is 4.13. The fraction of sp³-hybridized carbons (Fsp3) is 0.333. The Morgan fingerprint density at radius 2 is 2.32 bits per heavy atom. The Labute approximate surface area is 108 Å². The number of carbonyl (C=O) groups is 2. The molecule has 0 saturated carbocycles. The van der Waals surface area contributed by atoms with E-state index in [1.807, 2.05) is 0 Å². The number of anilines is 1. The molecule has 1 aliphatic heterocycles. The number of benzene rings is 1. The second-order valence-electron chi connectivity index (χ2n) is 4.13. The molecule has 19 heavy (non-hydrogen) atoms. The van der Waals surface area contributed by atoms with Gasteiger partial charge in [0.25, 0.3) is 0 Å². The molecule has 2 amide bonds. The highest BCUT2D eigenvalue weighted by Gasteiger charge is 2.39. The number of hydrogen-bond acceptors (Lipinski definition) is 4. The minimum atomic E-state index is -1.22. The number of aliphatic hydroxyl groups excluding tert-OH is 1. The van der Waals surface area contributed by atoms with Crippen molar-refractivity contribution in [1.82, 2.24) is 5.32 Å². The smallest absolute Gasteiger partial charge is 0.239 e. The van der Waals surface area contributed by atoms with Crippen LogP contribution in [0.25, 0.3) is 0 Å². The first-order chi connectivity index (χ1) is 9.02. The number of carbonyl (C=O) groups excluding carboxylic acids is 2. The van der Waals surface area contributed by atoms with Gasteiger partial charge in [0.1, 0.15) is 17.5 Å². The van der Waals surface area contributed by atoms with Crippen LogP contribution < -0.4 is 15.4 Å². The summed E-state index contributed by atoms with van der Waals surface area (Å²) in [6.45, 7) is 0.0159. The predicted molar refractivity (Wildman–Crippen MR) is 64.1 cm³/mol. The first kappa shape index (κ1) is 13.3. The Kier molecular flexibility index (Phi) is 3.66. The summed E-state index contributed by atoms with van der Waals surface area (Å²) < 4.78 is 18.5. The van der Waals surface area contributed by atoms with E-state index in [2.05, 4.69) is 10.6 Å². The molecule has 0 spiro atoms. The molecule has 1 aromatic rings. The van der Waals surface area contributed by atoms with Crippen molar-refractivity contribution < 1.29 is 23.8 Å². The summed E-state index contributed by atoms with van der Waals surface area (Å²) in [5.41, 5.74) is -0.0716. The molecular weight excluding hydrogens is 255 g/mol. The van der Waals surface area contributed by atoms with Gasteiger partial charge in [-0.25, -0.2) is 4.39 Å². The monoisotopic (exact) mass is 268 g/mol. The first-order valence-corrected chi connectivity index (χ1v) is 5.63. The van der Waals surface area contributed by atoms with Gasteiger partial charge in [-0.15, -0.1) is 0 Å². The number of halogens is 1. The molecule has 3 N–H and O–H groups in total. The summed E-state index contributed by atoms with van der Waals surface area (Å²) in [5.74, 6) is -2.90. The van der Waals surface area contributed by atoms with Gasteiger partial charge in [-0.1, -0.05) is 0 Å². The Balaban J connectivity index is 2.13. The van der Waals surface area contributed by atoms with Gasteiger partial charge in [-0.2, -0.15) is 0 Å². The summed E-state index contributed by atoms with van der Waals surface area (Å²) in [6, 6.07) is 3.91. The van der Waals surface area contributed by atoms with Gasteiger partial charge in [0.15, 0.2) is 0 Å². The van der Waals surface area contributed by atoms with Crippen molar-refractivity contribution in [3.8, 4) is 5.75 Å². The van der Waals surface area contributed by atoms with Crippen LogP contribution in [0.15, 0.2) is 18.2 Å². The maximum atomic E-state index is 13.6. The van der Waals surface area contributed by atoms with Crippen LogP contribution in [0.3, 0.4) is 0 Å². The van der Waals surface area contributed by atoms with E-state index in [4.69, 9.17) is 4.74 Å². The summed E-state index contributed by atoms with van der Waals surface area (Å²) in [6.07, 6.45) is -1.10. The van der Waals surface area contributed by atoms with Crippen molar-refractivity contribution in [3.05, 3.63) is 24.0 Å². The van der Waals surface area contributed by atoms with Crippen LogP contribution in [0.4, 0.5) is 10.1 Å². The Bertz CT molecular complexity index is 520. The van der Waals surface area contributed by atoms with Crippen LogP contribution >= 0.6 is 0 Å². The van der Waals surface area contributed by atoms with Crippen molar-refractivity contribution >= 4 is 17.5 Å². The van der Waals surface area contributed by atoms with E-state index in [1.54, 1.807) is 0 Å². The lowest BCUT2D eigenvalue weighted by atomic mass is 10.0. The van der Waals surface area contributed by atoms with Crippen molar-refractivity contribution in [2.75, 3.05) is 19.0 Å². The molecule has 6 nitrogen and oxygen atoms in total.